The summed E-state index contributed by atoms with van der Waals surface area (Å²) in [4.78, 5) is 22.7. The third kappa shape index (κ3) is 9.10. The molecule has 6 heteroatoms. The van der Waals surface area contributed by atoms with E-state index in [1.54, 1.807) is 24.3 Å². The van der Waals surface area contributed by atoms with Crippen LogP contribution in [0.4, 0.5) is 0 Å². The molecule has 1 aromatic rings. The summed E-state index contributed by atoms with van der Waals surface area (Å²) in [7, 11) is 1.37. The van der Waals surface area contributed by atoms with E-state index in [1.165, 1.54) is 26.4 Å². The summed E-state index contributed by atoms with van der Waals surface area (Å²) < 4.78 is 10.3. The first kappa shape index (κ1) is 21.0. The lowest BCUT2D eigenvalue weighted by atomic mass is 10.1. The highest BCUT2D eigenvalue weighted by atomic mass is 16.5. The van der Waals surface area contributed by atoms with Crippen molar-refractivity contribution >= 4 is 11.9 Å². The second-order valence-corrected chi connectivity index (χ2v) is 5.96. The lowest BCUT2D eigenvalue weighted by Gasteiger charge is -2.11. The second-order valence-electron chi connectivity index (χ2n) is 5.96. The van der Waals surface area contributed by atoms with E-state index in [4.69, 9.17) is 14.6 Å². The molecule has 0 saturated heterocycles. The van der Waals surface area contributed by atoms with Crippen molar-refractivity contribution in [2.24, 2.45) is 0 Å². The molecule has 0 aromatic heterocycles. The number of carbonyl (C=O) groups is 2. The molecular formula is C19H29NO5. The first-order chi connectivity index (χ1) is 12.1. The van der Waals surface area contributed by atoms with Gasteiger partial charge in [0, 0.05) is 20.1 Å². The number of hydrogen-bond donors (Lipinski definition) is 2. The maximum atomic E-state index is 11.7. The molecule has 0 saturated carbocycles. The van der Waals surface area contributed by atoms with Gasteiger partial charge in [-0.2, -0.15) is 0 Å². The number of benzene rings is 1. The average Bonchev–Trinajstić information content (AvgIpc) is 2.61. The van der Waals surface area contributed by atoms with Gasteiger partial charge in [0.05, 0.1) is 0 Å². The maximum absolute atomic E-state index is 11.7. The molecule has 140 valence electrons. The maximum Gasteiger partial charge on any atom is 0.333 e. The average molecular weight is 351 g/mol. The zero-order chi connectivity index (χ0) is 18.5. The lowest BCUT2D eigenvalue weighted by molar-refractivity contribution is -0.148. The number of hydrogen-bond acceptors (Lipinski definition) is 4. The van der Waals surface area contributed by atoms with Crippen LogP contribution in [0.5, 0.6) is 5.75 Å². The van der Waals surface area contributed by atoms with Gasteiger partial charge >= 0.3 is 5.97 Å². The molecule has 0 aliphatic carbocycles. The summed E-state index contributed by atoms with van der Waals surface area (Å²) in [5.74, 6) is -0.551. The Morgan fingerprint density at radius 3 is 2.40 bits per heavy atom. The molecule has 1 rings (SSSR count). The quantitative estimate of drug-likeness (QED) is 0.534. The van der Waals surface area contributed by atoms with E-state index in [0.29, 0.717) is 12.3 Å². The molecule has 0 bridgehead atoms. The number of ether oxygens (including phenoxy) is 2. The standard InChI is InChI=1S/C19H29NO5/c1-3-4-5-6-7-12-20-18(21)14-25-16-10-8-15(9-11-16)13-17(24-2)19(22)23/h8-11,17H,3-7,12-14H2,1-2H3,(H,20,21)(H,22,23)/t17-/m0/s1. The topological polar surface area (TPSA) is 84.9 Å². The van der Waals surface area contributed by atoms with Crippen LogP contribution >= 0.6 is 0 Å². The van der Waals surface area contributed by atoms with Gasteiger partial charge in [0.2, 0.25) is 0 Å². The van der Waals surface area contributed by atoms with Crippen molar-refractivity contribution < 1.29 is 24.2 Å². The van der Waals surface area contributed by atoms with Crippen molar-refractivity contribution in [3.8, 4) is 5.75 Å². The number of carbonyl (C=O) groups excluding carboxylic acids is 1. The first-order valence-corrected chi connectivity index (χ1v) is 8.80. The Balaban J connectivity index is 2.26. The molecule has 1 aromatic carbocycles. The number of carboxylic acid groups (broad SMARTS) is 1. The van der Waals surface area contributed by atoms with Crippen LogP contribution in [0.2, 0.25) is 0 Å². The van der Waals surface area contributed by atoms with Crippen molar-refractivity contribution in [3.05, 3.63) is 29.8 Å². The lowest BCUT2D eigenvalue weighted by Crippen LogP contribution is -2.29. The molecule has 0 fully saturated rings. The van der Waals surface area contributed by atoms with Gasteiger partial charge in [-0.3, -0.25) is 4.79 Å². The van der Waals surface area contributed by atoms with Crippen LogP contribution in [-0.4, -0.2) is 43.3 Å². The van der Waals surface area contributed by atoms with Gasteiger partial charge in [-0.1, -0.05) is 44.7 Å². The molecule has 6 nitrogen and oxygen atoms in total. The fourth-order valence-electron chi connectivity index (χ4n) is 2.36. The Morgan fingerprint density at radius 1 is 1.12 bits per heavy atom. The third-order valence-electron chi connectivity index (χ3n) is 3.88. The molecule has 0 aliphatic heterocycles. The Bertz CT molecular complexity index is 515. The molecule has 2 N–H and O–H groups in total. The van der Waals surface area contributed by atoms with Gasteiger partial charge in [-0.05, 0) is 24.1 Å². The van der Waals surface area contributed by atoms with E-state index < -0.39 is 12.1 Å². The number of amides is 1. The number of methoxy groups -OCH3 is 1. The van der Waals surface area contributed by atoms with Crippen LogP contribution in [0, 0.1) is 0 Å². The third-order valence-corrected chi connectivity index (χ3v) is 3.88. The monoisotopic (exact) mass is 351 g/mol. The van der Waals surface area contributed by atoms with E-state index in [1.807, 2.05) is 0 Å². The SMILES string of the molecule is CCCCCCCNC(=O)COc1ccc(C[C@H](OC)C(=O)O)cc1. The first-order valence-electron chi connectivity index (χ1n) is 8.80. The van der Waals surface area contributed by atoms with Crippen molar-refractivity contribution in [1.29, 1.82) is 0 Å². The highest BCUT2D eigenvalue weighted by Crippen LogP contribution is 2.14. The minimum atomic E-state index is -0.991. The molecular weight excluding hydrogens is 322 g/mol. The fraction of sp³-hybridized carbons (Fsp3) is 0.579. The molecule has 0 unspecified atom stereocenters. The predicted octanol–water partition coefficient (Wildman–Crippen LogP) is 2.79. The smallest absolute Gasteiger partial charge is 0.333 e. The van der Waals surface area contributed by atoms with Crippen molar-refractivity contribution in [1.82, 2.24) is 5.32 Å². The normalized spacial score (nSPS) is 11.8. The molecule has 0 heterocycles. The molecule has 0 aliphatic rings. The van der Waals surface area contributed by atoms with E-state index in [0.717, 1.165) is 18.4 Å². The van der Waals surface area contributed by atoms with Crippen molar-refractivity contribution in [2.75, 3.05) is 20.3 Å². The molecule has 0 radical (unpaired) electrons. The van der Waals surface area contributed by atoms with Crippen LogP contribution in [0.25, 0.3) is 0 Å². The Hall–Kier alpha value is -2.08. The van der Waals surface area contributed by atoms with Gasteiger partial charge in [-0.15, -0.1) is 0 Å². The summed E-state index contributed by atoms with van der Waals surface area (Å²) in [5.41, 5.74) is 0.832. The summed E-state index contributed by atoms with van der Waals surface area (Å²) in [6.07, 6.45) is 5.20. The zero-order valence-electron chi connectivity index (χ0n) is 15.1. The Kier molecular flexibility index (Phi) is 10.3. The van der Waals surface area contributed by atoms with Crippen molar-refractivity contribution in [2.45, 2.75) is 51.6 Å². The summed E-state index contributed by atoms with van der Waals surface area (Å²) in [6.45, 7) is 2.83. The van der Waals surface area contributed by atoms with Crippen molar-refractivity contribution in [3.63, 3.8) is 0 Å². The Morgan fingerprint density at radius 2 is 1.80 bits per heavy atom. The van der Waals surface area contributed by atoms with Gasteiger partial charge in [0.1, 0.15) is 5.75 Å². The van der Waals surface area contributed by atoms with Crippen LogP contribution in [0.15, 0.2) is 24.3 Å². The van der Waals surface area contributed by atoms with Gasteiger partial charge < -0.3 is 19.9 Å². The number of carboxylic acids is 1. The summed E-state index contributed by atoms with van der Waals surface area (Å²) in [5, 5.41) is 11.8. The van der Waals surface area contributed by atoms with E-state index >= 15 is 0 Å². The molecule has 1 atom stereocenters. The minimum Gasteiger partial charge on any atom is -0.484 e. The minimum absolute atomic E-state index is 0.0237. The van der Waals surface area contributed by atoms with Gasteiger partial charge in [0.15, 0.2) is 12.7 Å². The number of aliphatic carboxylic acids is 1. The van der Waals surface area contributed by atoms with Crippen LogP contribution in [0.1, 0.15) is 44.6 Å². The zero-order valence-corrected chi connectivity index (χ0v) is 15.1. The number of rotatable bonds is 13. The highest BCUT2D eigenvalue weighted by Gasteiger charge is 2.16. The molecule has 25 heavy (non-hydrogen) atoms. The van der Waals surface area contributed by atoms with Gasteiger partial charge in [0.25, 0.3) is 5.91 Å². The number of nitrogens with one attached hydrogen (secondary N) is 1. The number of unbranched alkanes of at least 4 members (excludes halogenated alkanes) is 4. The van der Waals surface area contributed by atoms with Crippen LogP contribution < -0.4 is 10.1 Å². The van der Waals surface area contributed by atoms with E-state index in [2.05, 4.69) is 12.2 Å². The fourth-order valence-corrected chi connectivity index (χ4v) is 2.36. The Labute approximate surface area is 149 Å². The van der Waals surface area contributed by atoms with E-state index in [-0.39, 0.29) is 18.9 Å². The summed E-state index contributed by atoms with van der Waals surface area (Å²) in [6, 6.07) is 7.00. The van der Waals surface area contributed by atoms with Crippen LogP contribution in [-0.2, 0) is 20.7 Å². The molecule has 0 spiro atoms. The van der Waals surface area contributed by atoms with Crippen LogP contribution in [0.3, 0.4) is 0 Å². The second kappa shape index (κ2) is 12.3. The van der Waals surface area contributed by atoms with Gasteiger partial charge in [-0.25, -0.2) is 4.79 Å². The predicted molar refractivity (Wildman–Crippen MR) is 95.8 cm³/mol. The molecule has 1 amide bonds. The summed E-state index contributed by atoms with van der Waals surface area (Å²) >= 11 is 0. The van der Waals surface area contributed by atoms with E-state index in [9.17, 15) is 9.59 Å². The largest absolute Gasteiger partial charge is 0.484 e. The highest BCUT2D eigenvalue weighted by molar-refractivity contribution is 5.77.